The molecule has 5 heteroatoms. The fourth-order valence-corrected chi connectivity index (χ4v) is 1.96. The number of benzene rings is 1. The van der Waals surface area contributed by atoms with E-state index in [1.165, 1.54) is 0 Å². The summed E-state index contributed by atoms with van der Waals surface area (Å²) in [6.45, 7) is 4.48. The molecule has 0 saturated heterocycles. The summed E-state index contributed by atoms with van der Waals surface area (Å²) in [6, 6.07) is 11.3. The molecule has 0 spiro atoms. The van der Waals surface area contributed by atoms with Gasteiger partial charge in [-0.2, -0.15) is 5.10 Å². The molecule has 0 aliphatic heterocycles. The standard InChI is InChI=1S/C14H18N4O/c1-3-18-12(9-13(15)17-18)14(19)16-10(2)11-7-5-4-6-8-11/h4-10H,3H2,1-2H3,(H2,15,17)(H,16,19)/t10-/m1/s1. The zero-order valence-corrected chi connectivity index (χ0v) is 11.1. The maximum absolute atomic E-state index is 12.2. The molecule has 1 atom stereocenters. The third-order valence-corrected chi connectivity index (χ3v) is 2.98. The van der Waals surface area contributed by atoms with Crippen molar-refractivity contribution in [2.45, 2.75) is 26.4 Å². The Morgan fingerprint density at radius 1 is 1.42 bits per heavy atom. The molecule has 1 heterocycles. The van der Waals surface area contributed by atoms with Crippen molar-refractivity contribution in [1.29, 1.82) is 0 Å². The van der Waals surface area contributed by atoms with Crippen LogP contribution in [-0.4, -0.2) is 15.7 Å². The van der Waals surface area contributed by atoms with Crippen LogP contribution in [0.2, 0.25) is 0 Å². The number of nitrogens with zero attached hydrogens (tertiary/aromatic N) is 2. The van der Waals surface area contributed by atoms with Gasteiger partial charge in [0.05, 0.1) is 6.04 Å². The summed E-state index contributed by atoms with van der Waals surface area (Å²) in [5, 5.41) is 7.01. The summed E-state index contributed by atoms with van der Waals surface area (Å²) >= 11 is 0. The van der Waals surface area contributed by atoms with Crippen molar-refractivity contribution in [3.63, 3.8) is 0 Å². The number of aromatic nitrogens is 2. The number of hydrogen-bond donors (Lipinski definition) is 2. The topological polar surface area (TPSA) is 72.9 Å². The Bertz CT molecular complexity index is 562. The first-order chi connectivity index (χ1) is 9.11. The van der Waals surface area contributed by atoms with E-state index in [1.54, 1.807) is 10.7 Å². The first-order valence-corrected chi connectivity index (χ1v) is 6.31. The van der Waals surface area contributed by atoms with E-state index in [2.05, 4.69) is 10.4 Å². The number of carbonyl (C=O) groups is 1. The molecule has 19 heavy (non-hydrogen) atoms. The first-order valence-electron chi connectivity index (χ1n) is 6.31. The molecule has 3 N–H and O–H groups in total. The van der Waals surface area contributed by atoms with Gasteiger partial charge in [0.2, 0.25) is 0 Å². The van der Waals surface area contributed by atoms with E-state index < -0.39 is 0 Å². The number of amides is 1. The van der Waals surface area contributed by atoms with E-state index in [1.807, 2.05) is 44.2 Å². The molecule has 2 rings (SSSR count). The lowest BCUT2D eigenvalue weighted by Gasteiger charge is -2.14. The molecule has 1 amide bonds. The molecule has 1 aromatic heterocycles. The minimum atomic E-state index is -0.164. The van der Waals surface area contributed by atoms with Crippen molar-refractivity contribution in [1.82, 2.24) is 15.1 Å². The minimum absolute atomic E-state index is 0.0601. The molecule has 0 unspecified atom stereocenters. The summed E-state index contributed by atoms with van der Waals surface area (Å²) in [7, 11) is 0. The van der Waals surface area contributed by atoms with Crippen molar-refractivity contribution < 1.29 is 4.79 Å². The fraction of sp³-hybridized carbons (Fsp3) is 0.286. The van der Waals surface area contributed by atoms with Crippen molar-refractivity contribution in [2.24, 2.45) is 0 Å². The second-order valence-corrected chi connectivity index (χ2v) is 4.38. The molecule has 0 bridgehead atoms. The molecule has 2 aromatic rings. The highest BCUT2D eigenvalue weighted by molar-refractivity contribution is 5.93. The van der Waals surface area contributed by atoms with Gasteiger partial charge in [0, 0.05) is 12.6 Å². The maximum Gasteiger partial charge on any atom is 0.270 e. The third-order valence-electron chi connectivity index (χ3n) is 2.98. The smallest absolute Gasteiger partial charge is 0.270 e. The number of aryl methyl sites for hydroxylation is 1. The average molecular weight is 258 g/mol. The third kappa shape index (κ3) is 2.93. The van der Waals surface area contributed by atoms with Crippen molar-refractivity contribution in [2.75, 3.05) is 5.73 Å². The molecule has 5 nitrogen and oxygen atoms in total. The van der Waals surface area contributed by atoms with Crippen LogP contribution in [-0.2, 0) is 6.54 Å². The largest absolute Gasteiger partial charge is 0.382 e. The second-order valence-electron chi connectivity index (χ2n) is 4.38. The lowest BCUT2D eigenvalue weighted by molar-refractivity contribution is 0.0929. The van der Waals surface area contributed by atoms with Crippen LogP contribution < -0.4 is 11.1 Å². The van der Waals surface area contributed by atoms with Gasteiger partial charge in [-0.05, 0) is 19.4 Å². The minimum Gasteiger partial charge on any atom is -0.382 e. The molecular formula is C14H18N4O. The van der Waals surface area contributed by atoms with Crippen LogP contribution in [0.25, 0.3) is 0 Å². The molecule has 0 saturated carbocycles. The molecule has 0 aliphatic rings. The van der Waals surface area contributed by atoms with Gasteiger partial charge in [-0.1, -0.05) is 30.3 Å². The van der Waals surface area contributed by atoms with E-state index in [0.717, 1.165) is 5.56 Å². The van der Waals surface area contributed by atoms with Crippen LogP contribution >= 0.6 is 0 Å². The van der Waals surface area contributed by atoms with E-state index in [9.17, 15) is 4.79 Å². The number of nitrogens with one attached hydrogen (secondary N) is 1. The monoisotopic (exact) mass is 258 g/mol. The van der Waals surface area contributed by atoms with Gasteiger partial charge in [-0.15, -0.1) is 0 Å². The number of carbonyl (C=O) groups excluding carboxylic acids is 1. The van der Waals surface area contributed by atoms with Crippen LogP contribution in [0.5, 0.6) is 0 Å². The van der Waals surface area contributed by atoms with Crippen LogP contribution in [0.1, 0.15) is 35.9 Å². The number of anilines is 1. The number of rotatable bonds is 4. The Hall–Kier alpha value is -2.30. The van der Waals surface area contributed by atoms with E-state index >= 15 is 0 Å². The SMILES string of the molecule is CCn1nc(N)cc1C(=O)N[C@H](C)c1ccccc1. The molecule has 0 fully saturated rings. The highest BCUT2D eigenvalue weighted by Crippen LogP contribution is 2.13. The molecule has 1 aromatic carbocycles. The molecule has 100 valence electrons. The normalized spacial score (nSPS) is 12.1. The Morgan fingerprint density at radius 3 is 2.74 bits per heavy atom. The van der Waals surface area contributed by atoms with Gasteiger partial charge in [0.1, 0.15) is 11.5 Å². The van der Waals surface area contributed by atoms with E-state index in [4.69, 9.17) is 5.73 Å². The molecule has 0 radical (unpaired) electrons. The Labute approximate surface area is 112 Å². The highest BCUT2D eigenvalue weighted by Gasteiger charge is 2.16. The Morgan fingerprint density at radius 2 is 2.11 bits per heavy atom. The quantitative estimate of drug-likeness (QED) is 0.880. The highest BCUT2D eigenvalue weighted by atomic mass is 16.2. The summed E-state index contributed by atoms with van der Waals surface area (Å²) in [5.41, 5.74) is 7.17. The zero-order chi connectivity index (χ0) is 13.8. The lowest BCUT2D eigenvalue weighted by atomic mass is 10.1. The second kappa shape index (κ2) is 5.56. The van der Waals surface area contributed by atoms with Crippen LogP contribution in [0.4, 0.5) is 5.82 Å². The summed E-state index contributed by atoms with van der Waals surface area (Å²) in [4.78, 5) is 12.2. The van der Waals surface area contributed by atoms with Crippen LogP contribution in [0, 0.1) is 0 Å². The number of nitrogens with two attached hydrogens (primary N) is 1. The van der Waals surface area contributed by atoms with Gasteiger partial charge in [0.15, 0.2) is 0 Å². The lowest BCUT2D eigenvalue weighted by Crippen LogP contribution is -2.28. The summed E-state index contributed by atoms with van der Waals surface area (Å²) in [5.74, 6) is 0.196. The van der Waals surface area contributed by atoms with Crippen molar-refractivity contribution >= 4 is 11.7 Å². The van der Waals surface area contributed by atoms with Gasteiger partial charge >= 0.3 is 0 Å². The Kier molecular flexibility index (Phi) is 3.85. The van der Waals surface area contributed by atoms with Crippen molar-refractivity contribution in [3.05, 3.63) is 47.7 Å². The molecular weight excluding hydrogens is 240 g/mol. The van der Waals surface area contributed by atoms with Crippen LogP contribution in [0.3, 0.4) is 0 Å². The predicted octanol–water partition coefficient (Wildman–Crippen LogP) is 1.98. The van der Waals surface area contributed by atoms with Crippen molar-refractivity contribution in [3.8, 4) is 0 Å². The zero-order valence-electron chi connectivity index (χ0n) is 11.1. The van der Waals surface area contributed by atoms with E-state index in [0.29, 0.717) is 18.1 Å². The number of nitrogen functional groups attached to an aromatic ring is 1. The average Bonchev–Trinajstić information content (AvgIpc) is 2.81. The Balaban J connectivity index is 2.13. The fourth-order valence-electron chi connectivity index (χ4n) is 1.96. The van der Waals surface area contributed by atoms with Gasteiger partial charge < -0.3 is 11.1 Å². The first kappa shape index (κ1) is 13.1. The maximum atomic E-state index is 12.2. The van der Waals surface area contributed by atoms with Crippen LogP contribution in [0.15, 0.2) is 36.4 Å². The van der Waals surface area contributed by atoms with Gasteiger partial charge in [-0.3, -0.25) is 9.48 Å². The number of hydrogen-bond acceptors (Lipinski definition) is 3. The predicted molar refractivity (Wildman–Crippen MR) is 74.6 cm³/mol. The van der Waals surface area contributed by atoms with E-state index in [-0.39, 0.29) is 11.9 Å². The van der Waals surface area contributed by atoms with Gasteiger partial charge in [-0.25, -0.2) is 0 Å². The summed E-state index contributed by atoms with van der Waals surface area (Å²) < 4.78 is 1.60. The van der Waals surface area contributed by atoms with Gasteiger partial charge in [0.25, 0.3) is 5.91 Å². The summed E-state index contributed by atoms with van der Waals surface area (Å²) in [6.07, 6.45) is 0. The molecule has 0 aliphatic carbocycles.